The SMILES string of the molecule is COc1ccc(S(=O)(=O)NCC(C)(C)O)c(C)c1. The molecule has 0 bridgehead atoms. The number of methoxy groups -OCH3 is 1. The van der Waals surface area contributed by atoms with E-state index in [0.717, 1.165) is 0 Å². The minimum Gasteiger partial charge on any atom is -0.497 e. The van der Waals surface area contributed by atoms with E-state index in [4.69, 9.17) is 4.74 Å². The summed E-state index contributed by atoms with van der Waals surface area (Å²) in [6.07, 6.45) is 0. The Bertz CT molecular complexity index is 517. The van der Waals surface area contributed by atoms with Gasteiger partial charge in [-0.2, -0.15) is 0 Å². The van der Waals surface area contributed by atoms with Crippen LogP contribution >= 0.6 is 0 Å². The van der Waals surface area contributed by atoms with Crippen molar-refractivity contribution < 1.29 is 18.3 Å². The van der Waals surface area contributed by atoms with Gasteiger partial charge in [0.2, 0.25) is 10.0 Å². The predicted octanol–water partition coefficient (Wildman–Crippen LogP) is 1.05. The largest absolute Gasteiger partial charge is 0.497 e. The summed E-state index contributed by atoms with van der Waals surface area (Å²) in [5, 5.41) is 9.53. The van der Waals surface area contributed by atoms with Gasteiger partial charge in [0.05, 0.1) is 17.6 Å². The highest BCUT2D eigenvalue weighted by molar-refractivity contribution is 7.89. The summed E-state index contributed by atoms with van der Waals surface area (Å²) >= 11 is 0. The summed E-state index contributed by atoms with van der Waals surface area (Å²) in [5.41, 5.74) is -0.495. The first-order valence-electron chi connectivity index (χ1n) is 5.52. The predicted molar refractivity (Wildman–Crippen MR) is 69.2 cm³/mol. The van der Waals surface area contributed by atoms with Gasteiger partial charge in [-0.25, -0.2) is 13.1 Å². The molecule has 0 atom stereocenters. The lowest BCUT2D eigenvalue weighted by Gasteiger charge is -2.18. The maximum absolute atomic E-state index is 12.0. The number of hydrogen-bond donors (Lipinski definition) is 2. The highest BCUT2D eigenvalue weighted by atomic mass is 32.2. The monoisotopic (exact) mass is 273 g/mol. The number of sulfonamides is 1. The Morgan fingerprint density at radius 2 is 2.00 bits per heavy atom. The lowest BCUT2D eigenvalue weighted by atomic mass is 10.1. The van der Waals surface area contributed by atoms with Crippen molar-refractivity contribution >= 4 is 10.0 Å². The number of ether oxygens (including phenoxy) is 1. The van der Waals surface area contributed by atoms with Crippen LogP contribution in [0.15, 0.2) is 23.1 Å². The Labute approximate surface area is 108 Å². The number of nitrogens with one attached hydrogen (secondary N) is 1. The van der Waals surface area contributed by atoms with Crippen molar-refractivity contribution in [1.29, 1.82) is 0 Å². The van der Waals surface area contributed by atoms with Crippen molar-refractivity contribution in [2.24, 2.45) is 0 Å². The van der Waals surface area contributed by atoms with Crippen molar-refractivity contribution in [2.45, 2.75) is 31.3 Å². The van der Waals surface area contributed by atoms with Gasteiger partial charge in [0.1, 0.15) is 5.75 Å². The molecule has 0 aromatic heterocycles. The molecule has 0 aliphatic rings. The fourth-order valence-corrected chi connectivity index (χ4v) is 2.83. The summed E-state index contributed by atoms with van der Waals surface area (Å²) in [5.74, 6) is 0.605. The van der Waals surface area contributed by atoms with Gasteiger partial charge in [0, 0.05) is 6.54 Å². The van der Waals surface area contributed by atoms with Crippen LogP contribution in [0, 0.1) is 6.92 Å². The van der Waals surface area contributed by atoms with Crippen LogP contribution in [0.3, 0.4) is 0 Å². The Balaban J connectivity index is 2.99. The Kier molecular flexibility index (Phi) is 4.37. The number of rotatable bonds is 5. The Hall–Kier alpha value is -1.11. The lowest BCUT2D eigenvalue weighted by molar-refractivity contribution is 0.0857. The van der Waals surface area contributed by atoms with Crippen molar-refractivity contribution in [1.82, 2.24) is 4.72 Å². The molecule has 0 fully saturated rings. The van der Waals surface area contributed by atoms with Gasteiger partial charge >= 0.3 is 0 Å². The zero-order valence-corrected chi connectivity index (χ0v) is 11.8. The highest BCUT2D eigenvalue weighted by Gasteiger charge is 2.21. The van der Waals surface area contributed by atoms with Gasteiger partial charge in [-0.05, 0) is 44.5 Å². The molecule has 0 amide bonds. The van der Waals surface area contributed by atoms with Gasteiger partial charge in [-0.15, -0.1) is 0 Å². The first-order chi connectivity index (χ1) is 8.15. The maximum atomic E-state index is 12.0. The number of aliphatic hydroxyl groups is 1. The fraction of sp³-hybridized carbons (Fsp3) is 0.500. The molecule has 0 aliphatic carbocycles. The normalized spacial score (nSPS) is 12.5. The summed E-state index contributed by atoms with van der Waals surface area (Å²) in [7, 11) is -2.09. The Morgan fingerprint density at radius 3 is 2.44 bits per heavy atom. The van der Waals surface area contributed by atoms with Crippen molar-refractivity contribution in [3.63, 3.8) is 0 Å². The van der Waals surface area contributed by atoms with Crippen LogP contribution in [0.2, 0.25) is 0 Å². The lowest BCUT2D eigenvalue weighted by Crippen LogP contribution is -2.38. The molecule has 6 heteroatoms. The number of aryl methyl sites for hydroxylation is 1. The second kappa shape index (κ2) is 5.26. The smallest absolute Gasteiger partial charge is 0.240 e. The average molecular weight is 273 g/mol. The minimum atomic E-state index is -3.61. The summed E-state index contributed by atoms with van der Waals surface area (Å²) in [6.45, 7) is 4.73. The minimum absolute atomic E-state index is 0.0409. The zero-order valence-electron chi connectivity index (χ0n) is 11.0. The van der Waals surface area contributed by atoms with E-state index in [-0.39, 0.29) is 11.4 Å². The third-order valence-corrected chi connectivity index (χ3v) is 3.93. The van der Waals surface area contributed by atoms with E-state index in [1.165, 1.54) is 27.0 Å². The van der Waals surface area contributed by atoms with Crippen LogP contribution < -0.4 is 9.46 Å². The van der Waals surface area contributed by atoms with Crippen LogP contribution in [0.5, 0.6) is 5.75 Å². The molecule has 1 aromatic carbocycles. The van der Waals surface area contributed by atoms with Crippen LogP contribution in [0.1, 0.15) is 19.4 Å². The molecule has 0 saturated carbocycles. The van der Waals surface area contributed by atoms with E-state index in [9.17, 15) is 13.5 Å². The van der Waals surface area contributed by atoms with E-state index in [2.05, 4.69) is 4.72 Å². The molecule has 0 heterocycles. The maximum Gasteiger partial charge on any atom is 0.240 e. The van der Waals surface area contributed by atoms with Crippen molar-refractivity contribution in [2.75, 3.05) is 13.7 Å². The molecule has 1 rings (SSSR count). The van der Waals surface area contributed by atoms with E-state index in [1.807, 2.05) is 0 Å². The fourth-order valence-electron chi connectivity index (χ4n) is 1.40. The summed E-state index contributed by atoms with van der Waals surface area (Å²) in [4.78, 5) is 0.188. The van der Waals surface area contributed by atoms with Gasteiger partial charge in [-0.3, -0.25) is 0 Å². The van der Waals surface area contributed by atoms with E-state index >= 15 is 0 Å². The van der Waals surface area contributed by atoms with Crippen LogP contribution in [-0.4, -0.2) is 32.8 Å². The van der Waals surface area contributed by atoms with E-state index in [0.29, 0.717) is 11.3 Å². The quantitative estimate of drug-likeness (QED) is 0.841. The standard InChI is InChI=1S/C12H19NO4S/c1-9-7-10(17-4)5-6-11(9)18(15,16)13-8-12(2,3)14/h5-7,13-14H,8H2,1-4H3. The van der Waals surface area contributed by atoms with E-state index in [1.54, 1.807) is 19.1 Å². The number of hydrogen-bond acceptors (Lipinski definition) is 4. The van der Waals surface area contributed by atoms with Crippen LogP contribution in [0.25, 0.3) is 0 Å². The molecule has 0 saturated heterocycles. The third-order valence-electron chi connectivity index (χ3n) is 2.37. The molecule has 5 nitrogen and oxygen atoms in total. The van der Waals surface area contributed by atoms with Crippen LogP contribution in [-0.2, 0) is 10.0 Å². The molecule has 0 spiro atoms. The van der Waals surface area contributed by atoms with Gasteiger partial charge in [-0.1, -0.05) is 0 Å². The topological polar surface area (TPSA) is 75.6 Å². The molecule has 0 unspecified atom stereocenters. The van der Waals surface area contributed by atoms with Gasteiger partial charge in [0.25, 0.3) is 0 Å². The summed E-state index contributed by atoms with van der Waals surface area (Å²) in [6, 6.07) is 4.73. The van der Waals surface area contributed by atoms with Gasteiger partial charge in [0.15, 0.2) is 0 Å². The van der Waals surface area contributed by atoms with Crippen molar-refractivity contribution in [3.8, 4) is 5.75 Å². The second-order valence-electron chi connectivity index (χ2n) is 4.77. The molecule has 2 N–H and O–H groups in total. The molecule has 18 heavy (non-hydrogen) atoms. The van der Waals surface area contributed by atoms with Crippen molar-refractivity contribution in [3.05, 3.63) is 23.8 Å². The molecule has 0 aliphatic heterocycles. The molecule has 0 radical (unpaired) electrons. The third kappa shape index (κ3) is 3.97. The summed E-state index contributed by atoms with van der Waals surface area (Å²) < 4.78 is 31.5. The molecular formula is C12H19NO4S. The zero-order chi connectivity index (χ0) is 14.0. The molecule has 1 aromatic rings. The van der Waals surface area contributed by atoms with Crippen LogP contribution in [0.4, 0.5) is 0 Å². The number of benzene rings is 1. The first kappa shape index (κ1) is 14.9. The second-order valence-corrected chi connectivity index (χ2v) is 6.50. The molecular weight excluding hydrogens is 254 g/mol. The first-order valence-corrected chi connectivity index (χ1v) is 7.01. The Morgan fingerprint density at radius 1 is 1.39 bits per heavy atom. The van der Waals surface area contributed by atoms with Gasteiger partial charge < -0.3 is 9.84 Å². The molecule has 102 valence electrons. The highest BCUT2D eigenvalue weighted by Crippen LogP contribution is 2.20. The van der Waals surface area contributed by atoms with E-state index < -0.39 is 15.6 Å². The average Bonchev–Trinajstić information content (AvgIpc) is 2.25.